The van der Waals surface area contributed by atoms with E-state index in [-0.39, 0.29) is 40.8 Å². The average molecular weight is 622 g/mol. The largest absolute Gasteiger partial charge is 0.493 e. The van der Waals surface area contributed by atoms with E-state index in [4.69, 9.17) is 9.47 Å². The van der Waals surface area contributed by atoms with Crippen LogP contribution in [0.15, 0.2) is 70.7 Å². The van der Waals surface area contributed by atoms with Crippen molar-refractivity contribution in [3.8, 4) is 11.5 Å². The number of urea groups is 1. The molecule has 3 aromatic rings. The first-order chi connectivity index (χ1) is 19.6. The molecular weight excluding hydrogens is 598 g/mol. The van der Waals surface area contributed by atoms with Crippen LogP contribution in [0.5, 0.6) is 11.5 Å². The van der Waals surface area contributed by atoms with Gasteiger partial charge in [-0.2, -0.15) is 0 Å². The van der Waals surface area contributed by atoms with Crippen molar-refractivity contribution in [3.63, 3.8) is 0 Å². The van der Waals surface area contributed by atoms with E-state index in [2.05, 4.69) is 31.3 Å². The highest BCUT2D eigenvalue weighted by Crippen LogP contribution is 2.37. The number of halogens is 1. The van der Waals surface area contributed by atoms with Gasteiger partial charge in [0.25, 0.3) is 17.7 Å². The summed E-state index contributed by atoms with van der Waals surface area (Å²) in [5, 5.41) is 4.88. The van der Waals surface area contributed by atoms with Crippen molar-refractivity contribution in [2.75, 3.05) is 31.0 Å². The van der Waals surface area contributed by atoms with Gasteiger partial charge in [0.15, 0.2) is 18.1 Å². The first kappa shape index (κ1) is 29.0. The lowest BCUT2D eigenvalue weighted by molar-refractivity contribution is -0.122. The monoisotopic (exact) mass is 621 g/mol. The zero-order valence-corrected chi connectivity index (χ0v) is 23.7. The lowest BCUT2D eigenvalue weighted by atomic mass is 10.1. The number of nitrogens with zero attached hydrogens (tertiary/aromatic N) is 1. The van der Waals surface area contributed by atoms with Crippen molar-refractivity contribution in [3.05, 3.63) is 87.4 Å². The van der Waals surface area contributed by atoms with Crippen molar-refractivity contribution in [1.29, 1.82) is 0 Å². The first-order valence-corrected chi connectivity index (χ1v) is 12.9. The number of ether oxygens (including phenoxy) is 3. The molecule has 4 rings (SSSR count). The van der Waals surface area contributed by atoms with Gasteiger partial charge in [-0.3, -0.25) is 19.7 Å². The molecule has 1 saturated heterocycles. The molecule has 0 atom stereocenters. The highest BCUT2D eigenvalue weighted by molar-refractivity contribution is 9.10. The maximum Gasteiger partial charge on any atom is 0.337 e. The summed E-state index contributed by atoms with van der Waals surface area (Å²) < 4.78 is 16.2. The number of barbiturate groups is 1. The minimum Gasteiger partial charge on any atom is -0.493 e. The third kappa shape index (κ3) is 6.61. The highest BCUT2D eigenvalue weighted by Gasteiger charge is 2.37. The van der Waals surface area contributed by atoms with Gasteiger partial charge in [0, 0.05) is 5.69 Å². The van der Waals surface area contributed by atoms with Crippen LogP contribution in [0.4, 0.5) is 16.2 Å². The van der Waals surface area contributed by atoms with Gasteiger partial charge in [-0.25, -0.2) is 14.5 Å². The molecule has 1 heterocycles. The number of anilines is 2. The zero-order chi connectivity index (χ0) is 29.7. The summed E-state index contributed by atoms with van der Waals surface area (Å²) in [5.74, 6) is -2.26. The maximum absolute atomic E-state index is 13.3. The van der Waals surface area contributed by atoms with E-state index >= 15 is 0 Å². The molecular formula is C29H24BrN3O8. The summed E-state index contributed by atoms with van der Waals surface area (Å²) in [6.45, 7) is 1.63. The number of esters is 1. The molecule has 210 valence electrons. The van der Waals surface area contributed by atoms with Crippen LogP contribution < -0.4 is 25.0 Å². The second-order valence-electron chi connectivity index (χ2n) is 8.73. The van der Waals surface area contributed by atoms with Gasteiger partial charge < -0.3 is 19.5 Å². The average Bonchev–Trinajstić information content (AvgIpc) is 2.95. The molecule has 1 aliphatic heterocycles. The van der Waals surface area contributed by atoms with Gasteiger partial charge in [-0.05, 0) is 83.0 Å². The predicted molar refractivity (Wildman–Crippen MR) is 153 cm³/mol. The molecule has 5 amide bonds. The standard InChI is InChI=1S/C29H24BrN3O8/c1-16-4-8-19(9-5-16)31-24(34)15-41-25-22(30)13-17(14-23(25)39-2)12-21-26(35)32-29(38)33(27(21)36)20-10-6-18(7-11-20)28(37)40-3/h4-14H,15H2,1-3H3,(H,31,34)(H,32,35,38)/b21-12+. The Morgan fingerprint density at radius 1 is 1.00 bits per heavy atom. The van der Waals surface area contributed by atoms with Crippen LogP contribution in [0.3, 0.4) is 0 Å². The fraction of sp³-hybridized carbons (Fsp3) is 0.138. The van der Waals surface area contributed by atoms with E-state index in [0.29, 0.717) is 15.7 Å². The van der Waals surface area contributed by atoms with Crippen LogP contribution in [0.2, 0.25) is 0 Å². The van der Waals surface area contributed by atoms with Crippen LogP contribution in [0, 0.1) is 6.92 Å². The molecule has 12 heteroatoms. The van der Waals surface area contributed by atoms with E-state index < -0.39 is 23.8 Å². The van der Waals surface area contributed by atoms with Crippen molar-refractivity contribution in [2.45, 2.75) is 6.92 Å². The summed E-state index contributed by atoms with van der Waals surface area (Å²) in [5.41, 5.74) is 2.11. The smallest absolute Gasteiger partial charge is 0.337 e. The van der Waals surface area contributed by atoms with E-state index in [9.17, 15) is 24.0 Å². The number of methoxy groups -OCH3 is 2. The molecule has 2 N–H and O–H groups in total. The lowest BCUT2D eigenvalue weighted by Crippen LogP contribution is -2.54. The van der Waals surface area contributed by atoms with Crippen molar-refractivity contribution in [2.24, 2.45) is 0 Å². The first-order valence-electron chi connectivity index (χ1n) is 12.1. The molecule has 0 saturated carbocycles. The van der Waals surface area contributed by atoms with Gasteiger partial charge in [0.05, 0.1) is 29.9 Å². The van der Waals surface area contributed by atoms with Crippen LogP contribution >= 0.6 is 15.9 Å². The predicted octanol–water partition coefficient (Wildman–Crippen LogP) is 4.24. The number of rotatable bonds is 8. The Balaban J connectivity index is 1.54. The summed E-state index contributed by atoms with van der Waals surface area (Å²) >= 11 is 3.39. The van der Waals surface area contributed by atoms with Crippen molar-refractivity contribution >= 4 is 63.1 Å². The number of nitrogens with one attached hydrogen (secondary N) is 2. The molecule has 3 aromatic carbocycles. The van der Waals surface area contributed by atoms with Gasteiger partial charge >= 0.3 is 12.0 Å². The molecule has 11 nitrogen and oxygen atoms in total. The number of hydrogen-bond donors (Lipinski definition) is 2. The fourth-order valence-electron chi connectivity index (χ4n) is 3.86. The molecule has 1 fully saturated rings. The summed E-state index contributed by atoms with van der Waals surface area (Å²) in [6.07, 6.45) is 1.29. The SMILES string of the molecule is COC(=O)c1ccc(N2C(=O)NC(=O)/C(=C\c3cc(Br)c(OCC(=O)Nc4ccc(C)cc4)c(OC)c3)C2=O)cc1. The number of amides is 5. The Hall–Kier alpha value is -4.97. The van der Waals surface area contributed by atoms with Gasteiger partial charge in [0.2, 0.25) is 0 Å². The summed E-state index contributed by atoms with van der Waals surface area (Å²) in [7, 11) is 2.63. The normalized spacial score (nSPS) is 14.0. The molecule has 0 spiro atoms. The van der Waals surface area contributed by atoms with Crippen LogP contribution in [-0.4, -0.2) is 50.5 Å². The Bertz CT molecular complexity index is 1570. The third-order valence-corrected chi connectivity index (χ3v) is 6.48. The number of carbonyl (C=O) groups excluding carboxylic acids is 5. The number of benzene rings is 3. The molecule has 0 unspecified atom stereocenters. The third-order valence-electron chi connectivity index (χ3n) is 5.89. The number of hydrogen-bond acceptors (Lipinski definition) is 8. The Labute approximate surface area is 243 Å². The van der Waals surface area contributed by atoms with Gasteiger partial charge in [-0.1, -0.05) is 17.7 Å². The molecule has 1 aliphatic rings. The fourth-order valence-corrected chi connectivity index (χ4v) is 4.43. The number of carbonyl (C=O) groups is 5. The van der Waals surface area contributed by atoms with E-state index in [1.54, 1.807) is 18.2 Å². The quantitative estimate of drug-likeness (QED) is 0.216. The zero-order valence-electron chi connectivity index (χ0n) is 22.1. The number of imide groups is 2. The molecule has 0 bridgehead atoms. The van der Waals surface area contributed by atoms with Crippen LogP contribution in [0.25, 0.3) is 6.08 Å². The van der Waals surface area contributed by atoms with Crippen molar-refractivity contribution < 1.29 is 38.2 Å². The van der Waals surface area contributed by atoms with Crippen LogP contribution in [-0.2, 0) is 19.1 Å². The topological polar surface area (TPSA) is 140 Å². The van der Waals surface area contributed by atoms with Crippen LogP contribution in [0.1, 0.15) is 21.5 Å². The van der Waals surface area contributed by atoms with Gasteiger partial charge in [0.1, 0.15) is 5.57 Å². The molecule has 0 aliphatic carbocycles. The highest BCUT2D eigenvalue weighted by atomic mass is 79.9. The minimum atomic E-state index is -0.936. The Morgan fingerprint density at radius 3 is 2.32 bits per heavy atom. The van der Waals surface area contributed by atoms with Crippen molar-refractivity contribution in [1.82, 2.24) is 5.32 Å². The second-order valence-corrected chi connectivity index (χ2v) is 9.59. The maximum atomic E-state index is 13.3. The van der Waals surface area contributed by atoms with Gasteiger partial charge in [-0.15, -0.1) is 0 Å². The Kier molecular flexibility index (Phi) is 8.83. The van der Waals surface area contributed by atoms with E-state index in [0.717, 1.165) is 10.5 Å². The summed E-state index contributed by atoms with van der Waals surface area (Å²) in [6, 6.07) is 15.0. The summed E-state index contributed by atoms with van der Waals surface area (Å²) in [4.78, 5) is 63.3. The van der Waals surface area contributed by atoms with E-state index in [1.165, 1.54) is 50.6 Å². The molecule has 0 aromatic heterocycles. The number of aryl methyl sites for hydroxylation is 1. The molecule has 41 heavy (non-hydrogen) atoms. The minimum absolute atomic E-state index is 0.143. The van der Waals surface area contributed by atoms with E-state index in [1.807, 2.05) is 19.1 Å². The lowest BCUT2D eigenvalue weighted by Gasteiger charge is -2.26. The Morgan fingerprint density at radius 2 is 1.68 bits per heavy atom. The second kappa shape index (κ2) is 12.5. The molecule has 0 radical (unpaired) electrons.